The predicted octanol–water partition coefficient (Wildman–Crippen LogP) is 3.55. The molecule has 0 radical (unpaired) electrons. The third-order valence-corrected chi connectivity index (χ3v) is 5.78. The zero-order chi connectivity index (χ0) is 19.1. The summed E-state index contributed by atoms with van der Waals surface area (Å²) >= 11 is 6.44. The third kappa shape index (κ3) is 2.82. The maximum absolute atomic E-state index is 11.7. The van der Waals surface area contributed by atoms with Crippen molar-refractivity contribution in [1.82, 2.24) is 0 Å². The van der Waals surface area contributed by atoms with Crippen LogP contribution in [-0.4, -0.2) is 20.2 Å². The molecule has 140 valence electrons. The minimum absolute atomic E-state index is 0.0613. The van der Waals surface area contributed by atoms with Gasteiger partial charge < -0.3 is 24.7 Å². The Morgan fingerprint density at radius 2 is 2.04 bits per heavy atom. The predicted molar refractivity (Wildman–Crippen MR) is 102 cm³/mol. The lowest BCUT2D eigenvalue weighted by atomic mass is 9.75. The van der Waals surface area contributed by atoms with Gasteiger partial charge in [-0.1, -0.05) is 29.8 Å². The Balaban J connectivity index is 1.89. The summed E-state index contributed by atoms with van der Waals surface area (Å²) < 4.78 is 11.0. The van der Waals surface area contributed by atoms with Crippen LogP contribution in [0, 0.1) is 5.92 Å². The highest BCUT2D eigenvalue weighted by atomic mass is 35.5. The first-order valence-corrected chi connectivity index (χ1v) is 9.11. The summed E-state index contributed by atoms with van der Waals surface area (Å²) in [4.78, 5) is 11.7. The average Bonchev–Trinajstić information content (AvgIpc) is 3.17. The number of rotatable bonds is 4. The molecule has 2 aromatic rings. The van der Waals surface area contributed by atoms with Crippen molar-refractivity contribution in [3.63, 3.8) is 0 Å². The second kappa shape index (κ2) is 6.82. The molecule has 0 bridgehead atoms. The molecule has 0 fully saturated rings. The van der Waals surface area contributed by atoms with Gasteiger partial charge in [-0.05, 0) is 42.2 Å². The Labute approximate surface area is 162 Å². The highest BCUT2D eigenvalue weighted by Crippen LogP contribution is 2.54. The maximum atomic E-state index is 11.7. The van der Waals surface area contributed by atoms with E-state index in [1.165, 1.54) is 6.07 Å². The SMILES string of the molecule is COc1ccc(OC)c([C@@H]2Nc3c(Cl)ccc(C(=O)[O-])c3[C@@H]3C=CC[C@H]32)c1. The van der Waals surface area contributed by atoms with E-state index in [2.05, 4.69) is 17.5 Å². The number of carboxylic acid groups (broad SMARTS) is 1. The van der Waals surface area contributed by atoms with Crippen LogP contribution in [0.1, 0.15) is 39.9 Å². The third-order valence-electron chi connectivity index (χ3n) is 5.46. The number of ether oxygens (including phenoxy) is 2. The van der Waals surface area contributed by atoms with Crippen molar-refractivity contribution >= 4 is 23.3 Å². The summed E-state index contributed by atoms with van der Waals surface area (Å²) in [6.07, 6.45) is 4.97. The van der Waals surface area contributed by atoms with Crippen LogP contribution in [0.2, 0.25) is 5.02 Å². The van der Waals surface area contributed by atoms with Gasteiger partial charge in [0.2, 0.25) is 0 Å². The standard InChI is InChI=1S/C21H20ClNO4/c1-26-11-6-9-17(27-2)15(10-11)19-13-5-3-4-12(13)18-14(21(24)25)7-8-16(22)20(18)23-19/h3-4,6-10,12-13,19,23H,5H2,1-2H3,(H,24,25)/p-1/t12-,13-,19-/m1/s1. The van der Waals surface area contributed by atoms with Crippen LogP contribution < -0.4 is 19.9 Å². The molecule has 1 N–H and O–H groups in total. The van der Waals surface area contributed by atoms with E-state index in [0.717, 1.165) is 23.5 Å². The lowest BCUT2D eigenvalue weighted by Gasteiger charge is -2.39. The van der Waals surface area contributed by atoms with Gasteiger partial charge in [0.15, 0.2) is 0 Å². The van der Waals surface area contributed by atoms with E-state index in [0.29, 0.717) is 16.3 Å². The second-order valence-electron chi connectivity index (χ2n) is 6.75. The Morgan fingerprint density at radius 3 is 2.74 bits per heavy atom. The molecule has 6 heteroatoms. The van der Waals surface area contributed by atoms with E-state index < -0.39 is 5.97 Å². The first-order valence-electron chi connectivity index (χ1n) is 8.74. The fourth-order valence-corrected chi connectivity index (χ4v) is 4.46. The number of nitrogens with one attached hydrogen (secondary N) is 1. The van der Waals surface area contributed by atoms with E-state index >= 15 is 0 Å². The van der Waals surface area contributed by atoms with Crippen molar-refractivity contribution in [3.05, 3.63) is 64.2 Å². The fourth-order valence-electron chi connectivity index (χ4n) is 4.24. The van der Waals surface area contributed by atoms with Crippen molar-refractivity contribution < 1.29 is 19.4 Å². The number of carbonyl (C=O) groups excluding carboxylic acids is 1. The number of fused-ring (bicyclic) bond motifs is 3. The van der Waals surface area contributed by atoms with Gasteiger partial charge in [-0.25, -0.2) is 0 Å². The molecule has 0 amide bonds. The van der Waals surface area contributed by atoms with Gasteiger partial charge in [-0.2, -0.15) is 0 Å². The molecule has 3 atom stereocenters. The number of benzene rings is 2. The van der Waals surface area contributed by atoms with Gasteiger partial charge in [0.25, 0.3) is 0 Å². The van der Waals surface area contributed by atoms with Crippen LogP contribution >= 0.6 is 11.6 Å². The minimum Gasteiger partial charge on any atom is -0.545 e. The van der Waals surface area contributed by atoms with E-state index in [1.807, 2.05) is 18.2 Å². The van der Waals surface area contributed by atoms with Gasteiger partial charge in [0.1, 0.15) is 11.5 Å². The summed E-state index contributed by atoms with van der Waals surface area (Å²) in [5.74, 6) is 0.357. The minimum atomic E-state index is -1.19. The van der Waals surface area contributed by atoms with Crippen molar-refractivity contribution in [2.24, 2.45) is 5.92 Å². The monoisotopic (exact) mass is 384 g/mol. The second-order valence-corrected chi connectivity index (χ2v) is 7.16. The number of carbonyl (C=O) groups is 1. The molecule has 1 aliphatic heterocycles. The zero-order valence-electron chi connectivity index (χ0n) is 15.0. The summed E-state index contributed by atoms with van der Waals surface area (Å²) in [5.41, 5.74) is 2.47. The highest BCUT2D eigenvalue weighted by molar-refractivity contribution is 6.33. The Hall–Kier alpha value is -2.66. The van der Waals surface area contributed by atoms with Crippen molar-refractivity contribution in [1.29, 1.82) is 0 Å². The number of halogens is 1. The van der Waals surface area contributed by atoms with Crippen LogP contribution in [0.3, 0.4) is 0 Å². The smallest absolute Gasteiger partial charge is 0.124 e. The van der Waals surface area contributed by atoms with Crippen LogP contribution in [0.25, 0.3) is 0 Å². The van der Waals surface area contributed by atoms with Gasteiger partial charge >= 0.3 is 0 Å². The summed E-state index contributed by atoms with van der Waals surface area (Å²) in [5, 5.41) is 15.6. The highest BCUT2D eigenvalue weighted by Gasteiger charge is 2.41. The van der Waals surface area contributed by atoms with E-state index in [1.54, 1.807) is 20.3 Å². The molecule has 0 saturated carbocycles. The Morgan fingerprint density at radius 1 is 1.22 bits per heavy atom. The van der Waals surface area contributed by atoms with Crippen LogP contribution in [-0.2, 0) is 0 Å². The normalized spacial score (nSPS) is 22.6. The molecular formula is C21H19ClNO4-. The molecule has 1 aliphatic carbocycles. The zero-order valence-corrected chi connectivity index (χ0v) is 15.7. The molecule has 0 aromatic heterocycles. The largest absolute Gasteiger partial charge is 0.545 e. The fraction of sp³-hybridized carbons (Fsp3) is 0.286. The summed E-state index contributed by atoms with van der Waals surface area (Å²) in [6, 6.07) is 8.70. The number of hydrogen-bond donors (Lipinski definition) is 1. The van der Waals surface area contributed by atoms with Crippen molar-refractivity contribution in [3.8, 4) is 11.5 Å². The number of carboxylic acids is 1. The molecule has 0 saturated heterocycles. The molecule has 2 aliphatic rings. The Kier molecular flexibility index (Phi) is 4.48. The number of methoxy groups -OCH3 is 2. The average molecular weight is 385 g/mol. The van der Waals surface area contributed by atoms with Crippen LogP contribution in [0.4, 0.5) is 5.69 Å². The molecule has 4 rings (SSSR count). The molecule has 5 nitrogen and oxygen atoms in total. The number of aromatic carboxylic acids is 1. The summed E-state index contributed by atoms with van der Waals surface area (Å²) in [7, 11) is 3.26. The molecule has 1 heterocycles. The summed E-state index contributed by atoms with van der Waals surface area (Å²) in [6.45, 7) is 0. The lowest BCUT2D eigenvalue weighted by molar-refractivity contribution is -0.255. The van der Waals surface area contributed by atoms with Gasteiger partial charge in [-0.3, -0.25) is 0 Å². The van der Waals surface area contributed by atoms with E-state index in [4.69, 9.17) is 21.1 Å². The maximum Gasteiger partial charge on any atom is 0.124 e. The molecule has 27 heavy (non-hydrogen) atoms. The molecule has 0 unspecified atom stereocenters. The van der Waals surface area contributed by atoms with Crippen molar-refractivity contribution in [2.45, 2.75) is 18.4 Å². The first-order chi connectivity index (χ1) is 13.0. The number of hydrogen-bond acceptors (Lipinski definition) is 5. The first kappa shape index (κ1) is 17.7. The van der Waals surface area contributed by atoms with Crippen LogP contribution in [0.15, 0.2) is 42.5 Å². The number of anilines is 1. The lowest BCUT2D eigenvalue weighted by Crippen LogP contribution is -2.33. The van der Waals surface area contributed by atoms with Gasteiger partial charge in [0, 0.05) is 17.0 Å². The molecule has 2 aromatic carbocycles. The Bertz CT molecular complexity index is 940. The molecular weight excluding hydrogens is 366 g/mol. The van der Waals surface area contributed by atoms with Crippen LogP contribution in [0.5, 0.6) is 11.5 Å². The van der Waals surface area contributed by atoms with Gasteiger partial charge in [0.05, 0.1) is 36.9 Å². The van der Waals surface area contributed by atoms with E-state index in [9.17, 15) is 9.90 Å². The van der Waals surface area contributed by atoms with Crippen molar-refractivity contribution in [2.75, 3.05) is 19.5 Å². The van der Waals surface area contributed by atoms with E-state index in [-0.39, 0.29) is 23.4 Å². The topological polar surface area (TPSA) is 70.6 Å². The van der Waals surface area contributed by atoms with Gasteiger partial charge in [-0.15, -0.1) is 0 Å². The molecule has 0 spiro atoms. The quantitative estimate of drug-likeness (QED) is 0.816. The number of allylic oxidation sites excluding steroid dienone is 2.